The molecule has 7 nitrogen and oxygen atoms in total. The highest BCUT2D eigenvalue weighted by Crippen LogP contribution is 2.34. The van der Waals surface area contributed by atoms with Gasteiger partial charge in [0.05, 0.1) is 23.0 Å². The molecule has 0 saturated carbocycles. The third-order valence-electron chi connectivity index (χ3n) is 3.99. The largest absolute Gasteiger partial charge is 0.462 e. The molecule has 1 atom stereocenters. The maximum absolute atomic E-state index is 12.9. The first kappa shape index (κ1) is 22.4. The summed E-state index contributed by atoms with van der Waals surface area (Å²) in [6.45, 7) is 7.25. The fraction of sp³-hybridized carbons (Fsp3) is 0.350. The van der Waals surface area contributed by atoms with Crippen LogP contribution >= 0.6 is 23.1 Å². The van der Waals surface area contributed by atoms with Crippen molar-refractivity contribution in [2.45, 2.75) is 44.4 Å². The average Bonchev–Trinajstić information content (AvgIpc) is 3.01. The van der Waals surface area contributed by atoms with Gasteiger partial charge in [-0.1, -0.05) is 18.7 Å². The van der Waals surface area contributed by atoms with Crippen molar-refractivity contribution >= 4 is 40.0 Å². The van der Waals surface area contributed by atoms with Crippen molar-refractivity contribution in [2.75, 3.05) is 11.9 Å². The number of thiophene rings is 1. The van der Waals surface area contributed by atoms with Crippen molar-refractivity contribution in [3.05, 3.63) is 39.4 Å². The first-order chi connectivity index (χ1) is 13.9. The smallest absolute Gasteiger partial charge is 0.348 e. The van der Waals surface area contributed by atoms with Gasteiger partial charge in [-0.25, -0.2) is 9.78 Å². The molecule has 0 saturated heterocycles. The number of nitrogens with one attached hydrogen (secondary N) is 1. The monoisotopic (exact) mass is 428 g/mol. The van der Waals surface area contributed by atoms with Crippen LogP contribution in [0.5, 0.6) is 0 Å². The summed E-state index contributed by atoms with van der Waals surface area (Å²) < 4.78 is 5.02. The van der Waals surface area contributed by atoms with E-state index in [1.54, 1.807) is 26.0 Å². The van der Waals surface area contributed by atoms with Crippen molar-refractivity contribution in [3.8, 4) is 12.1 Å². The Hall–Kier alpha value is -2.88. The third kappa shape index (κ3) is 5.14. The molecule has 9 heteroatoms. The fourth-order valence-electron chi connectivity index (χ4n) is 2.48. The number of carbonyl (C=O) groups is 2. The van der Waals surface area contributed by atoms with Crippen molar-refractivity contribution in [3.63, 3.8) is 0 Å². The minimum absolute atomic E-state index is 0.221. The number of amides is 1. The Balaban J connectivity index is 2.28. The van der Waals surface area contributed by atoms with E-state index < -0.39 is 11.2 Å². The number of anilines is 1. The van der Waals surface area contributed by atoms with Gasteiger partial charge in [-0.15, -0.1) is 11.3 Å². The summed E-state index contributed by atoms with van der Waals surface area (Å²) in [6, 6.07) is 7.55. The van der Waals surface area contributed by atoms with Crippen LogP contribution in [0.25, 0.3) is 0 Å². The maximum Gasteiger partial charge on any atom is 0.348 e. The Morgan fingerprint density at radius 2 is 2.00 bits per heavy atom. The van der Waals surface area contributed by atoms with Crippen LogP contribution in [0.4, 0.5) is 5.00 Å². The van der Waals surface area contributed by atoms with E-state index in [1.807, 2.05) is 19.9 Å². The highest BCUT2D eigenvalue weighted by molar-refractivity contribution is 8.00. The van der Waals surface area contributed by atoms with Crippen LogP contribution in [-0.4, -0.2) is 28.7 Å². The van der Waals surface area contributed by atoms with Gasteiger partial charge in [-0.05, 0) is 44.9 Å². The second-order valence-electron chi connectivity index (χ2n) is 6.01. The van der Waals surface area contributed by atoms with Gasteiger partial charge in [-0.3, -0.25) is 4.79 Å². The van der Waals surface area contributed by atoms with Crippen LogP contribution in [0.15, 0.2) is 17.2 Å². The molecule has 0 aromatic carbocycles. The molecule has 2 aromatic rings. The van der Waals surface area contributed by atoms with E-state index >= 15 is 0 Å². The number of hydrogen-bond acceptors (Lipinski definition) is 8. The molecule has 150 valence electrons. The van der Waals surface area contributed by atoms with Gasteiger partial charge in [-0.2, -0.15) is 10.5 Å². The molecule has 2 rings (SSSR count). The third-order valence-corrected chi connectivity index (χ3v) is 6.55. The van der Waals surface area contributed by atoms with Crippen LogP contribution in [0, 0.1) is 36.5 Å². The lowest BCUT2D eigenvalue weighted by atomic mass is 10.1. The van der Waals surface area contributed by atoms with Crippen molar-refractivity contribution in [2.24, 2.45) is 0 Å². The zero-order valence-electron chi connectivity index (χ0n) is 16.5. The second-order valence-corrected chi connectivity index (χ2v) is 8.23. The molecule has 0 spiro atoms. The number of esters is 1. The molecule has 1 amide bonds. The van der Waals surface area contributed by atoms with E-state index in [1.165, 1.54) is 11.8 Å². The molecule has 1 N–H and O–H groups in total. The number of hydrogen-bond donors (Lipinski definition) is 1. The summed E-state index contributed by atoms with van der Waals surface area (Å²) in [5.74, 6) is -0.839. The molecule has 29 heavy (non-hydrogen) atoms. The molecule has 2 aromatic heterocycles. The minimum Gasteiger partial charge on any atom is -0.462 e. The lowest BCUT2D eigenvalue weighted by molar-refractivity contribution is -0.115. The Morgan fingerprint density at radius 3 is 2.59 bits per heavy atom. The first-order valence-corrected chi connectivity index (χ1v) is 10.6. The van der Waals surface area contributed by atoms with Gasteiger partial charge in [0, 0.05) is 5.69 Å². The second kappa shape index (κ2) is 10.1. The average molecular weight is 429 g/mol. The van der Waals surface area contributed by atoms with Gasteiger partial charge >= 0.3 is 5.97 Å². The lowest BCUT2D eigenvalue weighted by Crippen LogP contribution is -2.24. The SMILES string of the molecule is CCOC(=O)c1sc(NC(=O)C(CC)Sc2nc(C)ccc2C#N)c(C#N)c1C. The van der Waals surface area contributed by atoms with Crippen LogP contribution in [-0.2, 0) is 9.53 Å². The molecular formula is C20H20N4O3S2. The number of nitrogens with zero attached hydrogens (tertiary/aromatic N) is 3. The number of thioether (sulfide) groups is 1. The van der Waals surface area contributed by atoms with E-state index in [0.717, 1.165) is 17.0 Å². The Labute approximate surface area is 177 Å². The van der Waals surface area contributed by atoms with Gasteiger partial charge in [0.25, 0.3) is 0 Å². The highest BCUT2D eigenvalue weighted by atomic mass is 32.2. The number of aromatic nitrogens is 1. The van der Waals surface area contributed by atoms with Crippen molar-refractivity contribution < 1.29 is 14.3 Å². The number of ether oxygens (including phenoxy) is 1. The summed E-state index contributed by atoms with van der Waals surface area (Å²) in [7, 11) is 0. The van der Waals surface area contributed by atoms with Crippen LogP contribution < -0.4 is 5.32 Å². The van der Waals surface area contributed by atoms with Gasteiger partial charge in [0.2, 0.25) is 5.91 Å². The van der Waals surface area contributed by atoms with Crippen molar-refractivity contribution in [1.82, 2.24) is 4.98 Å². The van der Waals surface area contributed by atoms with Crippen LogP contribution in [0.1, 0.15) is 52.3 Å². The number of rotatable bonds is 7. The van der Waals surface area contributed by atoms with E-state index in [4.69, 9.17) is 4.74 Å². The van der Waals surface area contributed by atoms with Crippen molar-refractivity contribution in [1.29, 1.82) is 10.5 Å². The fourth-order valence-corrected chi connectivity index (χ4v) is 4.58. The number of carbonyl (C=O) groups excluding carboxylic acids is 2. The molecule has 0 aliphatic rings. The van der Waals surface area contributed by atoms with E-state index in [0.29, 0.717) is 32.5 Å². The topological polar surface area (TPSA) is 116 Å². The molecule has 2 heterocycles. The Morgan fingerprint density at radius 1 is 1.28 bits per heavy atom. The number of aryl methyl sites for hydroxylation is 1. The van der Waals surface area contributed by atoms with E-state index in [-0.39, 0.29) is 18.1 Å². The summed E-state index contributed by atoms with van der Waals surface area (Å²) in [4.78, 5) is 29.6. The predicted octanol–water partition coefficient (Wildman–Crippen LogP) is 4.19. The Kier molecular flexibility index (Phi) is 7.77. The van der Waals surface area contributed by atoms with Gasteiger partial charge in [0.1, 0.15) is 27.0 Å². The molecule has 0 aliphatic carbocycles. The van der Waals surface area contributed by atoms with E-state index in [9.17, 15) is 20.1 Å². The van der Waals surface area contributed by atoms with Gasteiger partial charge < -0.3 is 10.1 Å². The van der Waals surface area contributed by atoms with Gasteiger partial charge in [0.15, 0.2) is 0 Å². The lowest BCUT2D eigenvalue weighted by Gasteiger charge is -2.14. The molecule has 0 aliphatic heterocycles. The maximum atomic E-state index is 12.9. The standard InChI is InChI=1S/C20H20N4O3S2/c1-5-15(28-18-13(9-21)8-7-11(3)23-18)17(25)24-19-14(10-22)12(4)16(29-19)20(26)27-6-2/h7-8,15H,5-6H2,1-4H3,(H,24,25). The number of pyridine rings is 1. The van der Waals surface area contributed by atoms with E-state index in [2.05, 4.69) is 16.4 Å². The zero-order chi connectivity index (χ0) is 21.6. The quantitative estimate of drug-likeness (QED) is 0.519. The normalized spacial score (nSPS) is 11.2. The molecule has 0 radical (unpaired) electrons. The summed E-state index contributed by atoms with van der Waals surface area (Å²) in [5, 5.41) is 21.8. The Bertz CT molecular complexity index is 1020. The summed E-state index contributed by atoms with van der Waals surface area (Å²) in [5.41, 5.74) is 1.89. The van der Waals surface area contributed by atoms with Crippen LogP contribution in [0.2, 0.25) is 0 Å². The van der Waals surface area contributed by atoms with Crippen LogP contribution in [0.3, 0.4) is 0 Å². The molecule has 0 fully saturated rings. The summed E-state index contributed by atoms with van der Waals surface area (Å²) in [6.07, 6.45) is 0.494. The molecular weight excluding hydrogens is 408 g/mol. The summed E-state index contributed by atoms with van der Waals surface area (Å²) >= 11 is 2.23. The molecule has 1 unspecified atom stereocenters. The first-order valence-electron chi connectivity index (χ1n) is 8.92. The molecule has 0 bridgehead atoms. The minimum atomic E-state index is -0.518. The zero-order valence-corrected chi connectivity index (χ0v) is 18.2. The highest BCUT2D eigenvalue weighted by Gasteiger charge is 2.26. The predicted molar refractivity (Wildman–Crippen MR) is 112 cm³/mol. The number of nitriles is 2.